The van der Waals surface area contributed by atoms with E-state index >= 15 is 0 Å². The predicted octanol–water partition coefficient (Wildman–Crippen LogP) is 4.60. The van der Waals surface area contributed by atoms with Crippen LogP contribution in [0.25, 0.3) is 0 Å². The number of carbonyl (C=O) groups is 2. The minimum atomic E-state index is -0.976. The molecule has 3 heterocycles. The van der Waals surface area contributed by atoms with Gasteiger partial charge in [0.1, 0.15) is 11.6 Å². The summed E-state index contributed by atoms with van der Waals surface area (Å²) in [5.74, 6) is 0.437. The van der Waals surface area contributed by atoms with E-state index in [4.69, 9.17) is 0 Å². The maximum Gasteiger partial charge on any atom is 0.407 e. The Morgan fingerprint density at radius 2 is 1.84 bits per heavy atom. The van der Waals surface area contributed by atoms with E-state index in [2.05, 4.69) is 20.6 Å². The quantitative estimate of drug-likeness (QED) is 0.313. The maximum absolute atomic E-state index is 12.5. The van der Waals surface area contributed by atoms with E-state index < -0.39 is 11.0 Å². The van der Waals surface area contributed by atoms with Crippen molar-refractivity contribution in [3.05, 3.63) is 76.5 Å². The Labute approximate surface area is 219 Å². The van der Waals surface area contributed by atoms with E-state index in [0.717, 1.165) is 0 Å². The molecule has 0 saturated carbocycles. The molecule has 0 radical (unpaired) electrons. The molecule has 1 aliphatic rings. The van der Waals surface area contributed by atoms with Gasteiger partial charge in [0, 0.05) is 49.2 Å². The van der Waals surface area contributed by atoms with Gasteiger partial charge >= 0.3 is 11.8 Å². The van der Waals surface area contributed by atoms with Gasteiger partial charge in [0.2, 0.25) is 5.82 Å². The van der Waals surface area contributed by atoms with Crippen molar-refractivity contribution in [1.29, 1.82) is 0 Å². The van der Waals surface area contributed by atoms with Crippen LogP contribution < -0.4 is 15.5 Å². The molecule has 3 N–H and O–H groups in total. The molecule has 1 atom stereocenters. The lowest BCUT2D eigenvalue weighted by atomic mass is 9.84. The van der Waals surface area contributed by atoms with Crippen molar-refractivity contribution in [2.24, 2.45) is 5.41 Å². The van der Waals surface area contributed by atoms with Crippen LogP contribution in [0.2, 0.25) is 0 Å². The Bertz CT molecular complexity index is 1340. The first-order valence-corrected chi connectivity index (χ1v) is 12.0. The van der Waals surface area contributed by atoms with Gasteiger partial charge in [-0.25, -0.2) is 14.8 Å². The summed E-state index contributed by atoms with van der Waals surface area (Å²) in [6, 6.07) is 14.5. The number of rotatable bonds is 6. The van der Waals surface area contributed by atoms with Gasteiger partial charge in [-0.1, -0.05) is 39.0 Å². The zero-order valence-corrected chi connectivity index (χ0v) is 21.3. The van der Waals surface area contributed by atoms with E-state index in [0.29, 0.717) is 30.2 Å². The van der Waals surface area contributed by atoms with Crippen molar-refractivity contribution >= 4 is 40.8 Å². The topological polar surface area (TPSA) is 154 Å². The fraction of sp³-hybridized carbons (Fsp3) is 0.308. The lowest BCUT2D eigenvalue weighted by molar-refractivity contribution is -0.384. The lowest BCUT2D eigenvalue weighted by Gasteiger charge is -2.46. The summed E-state index contributed by atoms with van der Waals surface area (Å²) in [5.41, 5.74) is 0.363. The molecule has 198 valence electrons. The van der Waals surface area contributed by atoms with Crippen molar-refractivity contribution in [3.8, 4) is 0 Å². The molecule has 0 spiro atoms. The van der Waals surface area contributed by atoms with Gasteiger partial charge in [-0.15, -0.1) is 0 Å². The predicted molar refractivity (Wildman–Crippen MR) is 143 cm³/mol. The Hall–Kier alpha value is -4.74. The third-order valence-corrected chi connectivity index (χ3v) is 6.31. The highest BCUT2D eigenvalue weighted by atomic mass is 16.6. The number of amides is 2. The van der Waals surface area contributed by atoms with Crippen molar-refractivity contribution in [3.63, 3.8) is 0 Å². The summed E-state index contributed by atoms with van der Waals surface area (Å²) in [5, 5.41) is 27.1. The number of aromatic nitrogens is 2. The number of carbonyl (C=O) groups excluding carboxylic acids is 1. The van der Waals surface area contributed by atoms with E-state index in [9.17, 15) is 24.8 Å². The van der Waals surface area contributed by atoms with Crippen molar-refractivity contribution in [2.45, 2.75) is 26.8 Å². The zero-order chi connectivity index (χ0) is 27.4. The number of pyridine rings is 2. The Balaban J connectivity index is 1.58. The number of nitrogens with zero attached hydrogens (tertiary/aromatic N) is 5. The number of hydrogen-bond donors (Lipinski definition) is 3. The summed E-state index contributed by atoms with van der Waals surface area (Å²) in [7, 11) is 0. The Morgan fingerprint density at radius 1 is 1.11 bits per heavy atom. The number of hydrogen-bond acceptors (Lipinski definition) is 8. The Kier molecular flexibility index (Phi) is 7.42. The molecule has 0 bridgehead atoms. The van der Waals surface area contributed by atoms with E-state index in [1.165, 1.54) is 17.2 Å². The van der Waals surface area contributed by atoms with Crippen LogP contribution >= 0.6 is 0 Å². The number of benzene rings is 1. The molecule has 1 aliphatic heterocycles. The average molecular weight is 520 g/mol. The second-order valence-corrected chi connectivity index (χ2v) is 9.97. The van der Waals surface area contributed by atoms with Gasteiger partial charge in [-0.05, 0) is 29.7 Å². The van der Waals surface area contributed by atoms with Gasteiger partial charge in [0.15, 0.2) is 0 Å². The molecule has 38 heavy (non-hydrogen) atoms. The molecule has 2 amide bonds. The highest BCUT2D eigenvalue weighted by Gasteiger charge is 2.38. The number of nitro groups is 1. The molecule has 4 rings (SSSR count). The molecular formula is C26H29N7O5. The molecule has 1 aromatic carbocycles. The number of anilines is 4. The SMILES string of the molecule is CC(C)(C)C1CN(c2ccc([N+](=O)[O-])c(Nc3ccnc(NC(=O)c4ccccc4)c3)n2)CCN1C(=O)O. The van der Waals surface area contributed by atoms with E-state index in [-0.39, 0.29) is 41.2 Å². The van der Waals surface area contributed by atoms with Gasteiger partial charge in [0.05, 0.1) is 11.0 Å². The molecule has 2 aromatic heterocycles. The van der Waals surface area contributed by atoms with Gasteiger partial charge < -0.3 is 25.5 Å². The van der Waals surface area contributed by atoms with Crippen LogP contribution in [0.1, 0.15) is 31.1 Å². The summed E-state index contributed by atoms with van der Waals surface area (Å²) in [6.45, 7) is 7.01. The third kappa shape index (κ3) is 5.97. The first-order valence-electron chi connectivity index (χ1n) is 12.0. The van der Waals surface area contributed by atoms with Crippen molar-refractivity contribution in [2.75, 3.05) is 35.2 Å². The van der Waals surface area contributed by atoms with Crippen LogP contribution in [-0.2, 0) is 0 Å². The fourth-order valence-electron chi connectivity index (χ4n) is 4.31. The van der Waals surface area contributed by atoms with Crippen LogP contribution in [0.3, 0.4) is 0 Å². The first kappa shape index (κ1) is 26.3. The summed E-state index contributed by atoms with van der Waals surface area (Å²) < 4.78 is 0. The van der Waals surface area contributed by atoms with Crippen LogP contribution in [0, 0.1) is 15.5 Å². The molecule has 1 unspecified atom stereocenters. The molecule has 0 aliphatic carbocycles. The normalized spacial score (nSPS) is 15.6. The molecule has 12 nitrogen and oxygen atoms in total. The lowest BCUT2D eigenvalue weighted by Crippen LogP contribution is -2.59. The molecule has 1 fully saturated rings. The Morgan fingerprint density at radius 3 is 2.50 bits per heavy atom. The zero-order valence-electron chi connectivity index (χ0n) is 21.3. The highest BCUT2D eigenvalue weighted by Crippen LogP contribution is 2.33. The summed E-state index contributed by atoms with van der Waals surface area (Å²) >= 11 is 0. The average Bonchev–Trinajstić information content (AvgIpc) is 2.88. The second-order valence-electron chi connectivity index (χ2n) is 9.97. The van der Waals surface area contributed by atoms with Crippen LogP contribution in [0.4, 0.5) is 33.6 Å². The monoisotopic (exact) mass is 519 g/mol. The first-order chi connectivity index (χ1) is 18.0. The van der Waals surface area contributed by atoms with E-state index in [1.807, 2.05) is 31.7 Å². The number of carboxylic acid groups (broad SMARTS) is 1. The van der Waals surface area contributed by atoms with Crippen molar-refractivity contribution < 1.29 is 19.6 Å². The minimum absolute atomic E-state index is 0.0204. The molecule has 1 saturated heterocycles. The van der Waals surface area contributed by atoms with Crippen LogP contribution in [0.15, 0.2) is 60.8 Å². The van der Waals surface area contributed by atoms with Gasteiger partial charge in [0.25, 0.3) is 5.91 Å². The standard InChI is InChI=1S/C26H29N7O5/c1-26(2,3)20-16-31(13-14-32(20)25(35)36)22-10-9-19(33(37)38)23(30-22)28-18-11-12-27-21(15-18)29-24(34)17-7-5-4-6-8-17/h4-12,15,20H,13-14,16H2,1-3H3,(H,35,36)(H2,27,28,29,30,34). The highest BCUT2D eigenvalue weighted by molar-refractivity contribution is 6.03. The molecule has 12 heteroatoms. The van der Waals surface area contributed by atoms with Crippen molar-refractivity contribution in [1.82, 2.24) is 14.9 Å². The maximum atomic E-state index is 12.5. The number of nitrogens with one attached hydrogen (secondary N) is 2. The molecule has 3 aromatic rings. The van der Waals surface area contributed by atoms with Crippen LogP contribution in [-0.4, -0.2) is 62.6 Å². The minimum Gasteiger partial charge on any atom is -0.465 e. The molecular weight excluding hydrogens is 490 g/mol. The third-order valence-electron chi connectivity index (χ3n) is 6.31. The van der Waals surface area contributed by atoms with Gasteiger partial charge in [-0.2, -0.15) is 0 Å². The second kappa shape index (κ2) is 10.7. The summed E-state index contributed by atoms with van der Waals surface area (Å²) in [6.07, 6.45) is 0.494. The summed E-state index contributed by atoms with van der Waals surface area (Å²) in [4.78, 5) is 47.5. The van der Waals surface area contributed by atoms with Gasteiger partial charge in [-0.3, -0.25) is 14.9 Å². The number of piperazine rings is 1. The largest absolute Gasteiger partial charge is 0.465 e. The van der Waals surface area contributed by atoms with Crippen LogP contribution in [0.5, 0.6) is 0 Å². The smallest absolute Gasteiger partial charge is 0.407 e. The fourth-order valence-corrected chi connectivity index (χ4v) is 4.31. The van der Waals surface area contributed by atoms with E-state index in [1.54, 1.807) is 42.5 Å².